The average molecular weight is 462 g/mol. The highest BCUT2D eigenvalue weighted by molar-refractivity contribution is 7.99. The lowest BCUT2D eigenvalue weighted by Gasteiger charge is -2.41. The van der Waals surface area contributed by atoms with E-state index in [1.165, 1.54) is 40.4 Å². The fourth-order valence-electron chi connectivity index (χ4n) is 3.85. The van der Waals surface area contributed by atoms with Crippen molar-refractivity contribution in [3.8, 4) is 0 Å². The number of aliphatic hydroxyl groups excluding tert-OH is 1. The van der Waals surface area contributed by atoms with Crippen LogP contribution in [0.25, 0.3) is 0 Å². The second kappa shape index (κ2) is 11.4. The fraction of sp³-hybridized carbons (Fsp3) is 0.375. The zero-order valence-corrected chi connectivity index (χ0v) is 19.0. The third kappa shape index (κ3) is 6.31. The summed E-state index contributed by atoms with van der Waals surface area (Å²) in [5, 5.41) is 17.4. The van der Waals surface area contributed by atoms with E-state index in [4.69, 9.17) is 0 Å². The Labute approximate surface area is 191 Å². The first-order chi connectivity index (χ1) is 15.4. The van der Waals surface area contributed by atoms with Gasteiger partial charge in [0.25, 0.3) is 5.91 Å². The van der Waals surface area contributed by atoms with Gasteiger partial charge in [-0.25, -0.2) is 8.78 Å². The summed E-state index contributed by atoms with van der Waals surface area (Å²) in [5.74, 6) is -1.64. The standard InChI is InChI=1S/C24H29F2N3O2S/c1-3-16-5-4-6-17(9-16)14-27-15-22(30)21(12-18-10-19(25)13-20(26)11-18)29-23(31)7-8-28-24(29)32-2/h4-11,13,21-22,24,27-28,30H,3,12,14-15H2,1-2H3/t21-,22+,24?/m0/s1. The van der Waals surface area contributed by atoms with Crippen molar-refractivity contribution in [1.82, 2.24) is 15.5 Å². The minimum atomic E-state index is -0.956. The van der Waals surface area contributed by atoms with Gasteiger partial charge in [0.15, 0.2) is 0 Å². The first kappa shape index (κ1) is 24.2. The van der Waals surface area contributed by atoms with Gasteiger partial charge in [0, 0.05) is 31.4 Å². The van der Waals surface area contributed by atoms with Crippen LogP contribution >= 0.6 is 11.8 Å². The lowest BCUT2D eigenvalue weighted by Crippen LogP contribution is -2.58. The van der Waals surface area contributed by atoms with Crippen LogP contribution in [0.5, 0.6) is 0 Å². The minimum absolute atomic E-state index is 0.112. The van der Waals surface area contributed by atoms with Gasteiger partial charge in [0.2, 0.25) is 0 Å². The number of aliphatic hydroxyl groups is 1. The molecule has 8 heteroatoms. The molecule has 2 aromatic carbocycles. The van der Waals surface area contributed by atoms with Crippen molar-refractivity contribution in [2.75, 3.05) is 12.8 Å². The second-order valence-electron chi connectivity index (χ2n) is 7.75. The fourth-order valence-corrected chi connectivity index (χ4v) is 4.55. The number of aryl methyl sites for hydroxylation is 1. The van der Waals surface area contributed by atoms with Gasteiger partial charge in [-0.3, -0.25) is 4.79 Å². The molecular weight excluding hydrogens is 432 g/mol. The van der Waals surface area contributed by atoms with Gasteiger partial charge in [-0.05, 0) is 47.9 Å². The number of carbonyl (C=O) groups is 1. The van der Waals surface area contributed by atoms with Crippen molar-refractivity contribution < 1.29 is 18.7 Å². The number of amides is 1. The Balaban J connectivity index is 1.77. The molecule has 172 valence electrons. The highest BCUT2D eigenvalue weighted by Gasteiger charge is 2.35. The van der Waals surface area contributed by atoms with Crippen LogP contribution in [0.1, 0.15) is 23.6 Å². The molecule has 32 heavy (non-hydrogen) atoms. The van der Waals surface area contributed by atoms with E-state index in [1.807, 2.05) is 18.4 Å². The number of halogens is 2. The summed E-state index contributed by atoms with van der Waals surface area (Å²) in [4.78, 5) is 14.2. The van der Waals surface area contributed by atoms with E-state index in [0.717, 1.165) is 18.1 Å². The number of carbonyl (C=O) groups excluding carboxylic acids is 1. The average Bonchev–Trinajstić information content (AvgIpc) is 2.77. The molecule has 1 heterocycles. The van der Waals surface area contributed by atoms with Crippen LogP contribution in [-0.4, -0.2) is 46.4 Å². The normalized spacial score (nSPS) is 17.8. The quantitative estimate of drug-likeness (QED) is 0.507. The van der Waals surface area contributed by atoms with E-state index >= 15 is 0 Å². The van der Waals surface area contributed by atoms with E-state index in [1.54, 1.807) is 6.20 Å². The first-order valence-electron chi connectivity index (χ1n) is 10.6. The summed E-state index contributed by atoms with van der Waals surface area (Å²) >= 11 is 1.41. The van der Waals surface area contributed by atoms with E-state index in [9.17, 15) is 18.7 Å². The Morgan fingerprint density at radius 1 is 1.16 bits per heavy atom. The van der Waals surface area contributed by atoms with Gasteiger partial charge in [0.05, 0.1) is 12.1 Å². The number of nitrogens with zero attached hydrogens (tertiary/aromatic N) is 1. The third-order valence-electron chi connectivity index (χ3n) is 5.45. The molecular formula is C24H29F2N3O2S. The summed E-state index contributed by atoms with van der Waals surface area (Å²) in [6, 6.07) is 10.8. The molecule has 2 aromatic rings. The Hall–Kier alpha value is -2.42. The zero-order valence-electron chi connectivity index (χ0n) is 18.2. The van der Waals surface area contributed by atoms with Gasteiger partial charge in [0.1, 0.15) is 17.1 Å². The molecule has 1 amide bonds. The summed E-state index contributed by atoms with van der Waals surface area (Å²) in [7, 11) is 0. The van der Waals surface area contributed by atoms with Gasteiger partial charge in [-0.1, -0.05) is 31.2 Å². The monoisotopic (exact) mass is 461 g/mol. The Morgan fingerprint density at radius 3 is 2.56 bits per heavy atom. The number of benzene rings is 2. The van der Waals surface area contributed by atoms with Gasteiger partial charge < -0.3 is 20.6 Å². The van der Waals surface area contributed by atoms with Crippen LogP contribution in [0.2, 0.25) is 0 Å². The van der Waals surface area contributed by atoms with Crippen molar-refractivity contribution in [3.63, 3.8) is 0 Å². The Morgan fingerprint density at radius 2 is 1.88 bits per heavy atom. The number of hydrogen-bond donors (Lipinski definition) is 3. The van der Waals surface area contributed by atoms with Crippen molar-refractivity contribution in [2.45, 2.75) is 44.0 Å². The van der Waals surface area contributed by atoms with Crippen molar-refractivity contribution in [1.29, 1.82) is 0 Å². The molecule has 5 nitrogen and oxygen atoms in total. The minimum Gasteiger partial charge on any atom is -0.390 e. The topological polar surface area (TPSA) is 64.6 Å². The van der Waals surface area contributed by atoms with Crippen LogP contribution in [0, 0.1) is 11.6 Å². The van der Waals surface area contributed by atoms with E-state index < -0.39 is 29.3 Å². The zero-order chi connectivity index (χ0) is 23.1. The largest absolute Gasteiger partial charge is 0.390 e. The lowest BCUT2D eigenvalue weighted by molar-refractivity contribution is -0.133. The molecule has 0 saturated carbocycles. The second-order valence-corrected chi connectivity index (χ2v) is 8.67. The molecule has 0 fully saturated rings. The maximum Gasteiger partial charge on any atom is 0.250 e. The molecule has 0 aromatic heterocycles. The van der Waals surface area contributed by atoms with Crippen LogP contribution in [-0.2, 0) is 24.2 Å². The van der Waals surface area contributed by atoms with Gasteiger partial charge in [-0.15, -0.1) is 11.8 Å². The van der Waals surface area contributed by atoms with Crippen molar-refractivity contribution in [3.05, 3.63) is 83.1 Å². The van der Waals surface area contributed by atoms with Crippen LogP contribution in [0.15, 0.2) is 54.7 Å². The summed E-state index contributed by atoms with van der Waals surface area (Å²) in [6.07, 6.45) is 4.91. The maximum atomic E-state index is 13.8. The van der Waals surface area contributed by atoms with Crippen LogP contribution in [0.3, 0.4) is 0 Å². The summed E-state index contributed by atoms with van der Waals surface area (Å²) in [5.41, 5.74) is 2.31. The molecule has 0 radical (unpaired) electrons. The highest BCUT2D eigenvalue weighted by Crippen LogP contribution is 2.23. The van der Waals surface area contributed by atoms with Crippen molar-refractivity contribution >= 4 is 17.7 Å². The molecule has 0 spiro atoms. The van der Waals surface area contributed by atoms with E-state index in [2.05, 4.69) is 29.7 Å². The van der Waals surface area contributed by atoms with E-state index in [0.29, 0.717) is 12.1 Å². The predicted molar refractivity (Wildman–Crippen MR) is 124 cm³/mol. The maximum absolute atomic E-state index is 13.8. The predicted octanol–water partition coefficient (Wildman–Crippen LogP) is 3.18. The molecule has 0 saturated heterocycles. The molecule has 1 unspecified atom stereocenters. The SMILES string of the molecule is CCc1cccc(CNC[C@@H](O)[C@H](Cc2cc(F)cc(F)c2)N2C(=O)C=CNC2SC)c1. The molecule has 0 aliphatic carbocycles. The number of nitrogens with one attached hydrogen (secondary N) is 2. The Bertz CT molecular complexity index is 936. The molecule has 0 bridgehead atoms. The molecule has 3 atom stereocenters. The lowest BCUT2D eigenvalue weighted by atomic mass is 9.98. The Kier molecular flexibility index (Phi) is 8.67. The third-order valence-corrected chi connectivity index (χ3v) is 6.26. The number of rotatable bonds is 10. The number of hydrogen-bond acceptors (Lipinski definition) is 5. The number of thioether (sulfide) groups is 1. The summed E-state index contributed by atoms with van der Waals surface area (Å²) < 4.78 is 27.5. The summed E-state index contributed by atoms with van der Waals surface area (Å²) in [6.45, 7) is 2.87. The smallest absolute Gasteiger partial charge is 0.250 e. The highest BCUT2D eigenvalue weighted by atomic mass is 32.2. The molecule has 1 aliphatic heterocycles. The van der Waals surface area contributed by atoms with Crippen LogP contribution in [0.4, 0.5) is 8.78 Å². The molecule has 3 rings (SSSR count). The van der Waals surface area contributed by atoms with Crippen molar-refractivity contribution in [2.24, 2.45) is 0 Å². The molecule has 1 aliphatic rings. The van der Waals surface area contributed by atoms with Gasteiger partial charge >= 0.3 is 0 Å². The van der Waals surface area contributed by atoms with Crippen LogP contribution < -0.4 is 10.6 Å². The molecule has 3 N–H and O–H groups in total. The van der Waals surface area contributed by atoms with E-state index in [-0.39, 0.29) is 18.9 Å². The first-order valence-corrected chi connectivity index (χ1v) is 11.9. The van der Waals surface area contributed by atoms with Gasteiger partial charge in [-0.2, -0.15) is 0 Å².